The van der Waals surface area contributed by atoms with Crippen LogP contribution in [0.25, 0.3) is 5.78 Å². The lowest BCUT2D eigenvalue weighted by atomic mass is 10.1. The third-order valence-electron chi connectivity index (χ3n) is 4.13. The highest BCUT2D eigenvalue weighted by molar-refractivity contribution is 7.98. The number of para-hydroxylation sites is 1. The minimum absolute atomic E-state index is 0.0939. The molecule has 7 nitrogen and oxygen atoms in total. The van der Waals surface area contributed by atoms with Crippen molar-refractivity contribution in [2.24, 2.45) is 0 Å². The third-order valence-corrected chi connectivity index (χ3v) is 4.67. The summed E-state index contributed by atoms with van der Waals surface area (Å²) >= 11 is 1.44. The van der Waals surface area contributed by atoms with E-state index in [2.05, 4.69) is 20.4 Å². The lowest BCUT2D eigenvalue weighted by molar-refractivity contribution is -0.115. The molecule has 0 aliphatic rings. The van der Waals surface area contributed by atoms with Crippen molar-refractivity contribution in [3.05, 3.63) is 46.8 Å². The van der Waals surface area contributed by atoms with E-state index in [1.165, 1.54) is 18.7 Å². The molecule has 3 rings (SSSR count). The van der Waals surface area contributed by atoms with Crippen LogP contribution in [0.4, 0.5) is 5.69 Å². The maximum absolute atomic E-state index is 12.6. The molecule has 134 valence electrons. The summed E-state index contributed by atoms with van der Waals surface area (Å²) in [5.74, 6) is 0.218. The Labute approximate surface area is 155 Å². The monoisotopic (exact) mass is 369 g/mol. The van der Waals surface area contributed by atoms with Crippen LogP contribution in [0, 0.1) is 13.8 Å². The van der Waals surface area contributed by atoms with Crippen LogP contribution in [0.15, 0.2) is 29.4 Å². The highest BCUT2D eigenvalue weighted by Crippen LogP contribution is 2.19. The van der Waals surface area contributed by atoms with Crippen molar-refractivity contribution in [3.8, 4) is 0 Å². The van der Waals surface area contributed by atoms with E-state index >= 15 is 0 Å². The molecule has 0 aliphatic heterocycles. The van der Waals surface area contributed by atoms with E-state index in [0.29, 0.717) is 22.2 Å². The van der Waals surface area contributed by atoms with Gasteiger partial charge in [0.1, 0.15) is 0 Å². The fourth-order valence-electron chi connectivity index (χ4n) is 2.79. The van der Waals surface area contributed by atoms with Gasteiger partial charge in [0.2, 0.25) is 11.1 Å². The van der Waals surface area contributed by atoms with Crippen LogP contribution in [-0.2, 0) is 11.2 Å². The SMILES string of the molecule is CSc1nc2nc(C)c(CC(=O)Nc3ccccc3C(C)=O)c(C)n2n1. The minimum atomic E-state index is -0.212. The smallest absolute Gasteiger partial charge is 0.253 e. The Kier molecular flexibility index (Phi) is 5.03. The number of benzene rings is 1. The van der Waals surface area contributed by atoms with Gasteiger partial charge in [-0.05, 0) is 39.2 Å². The molecule has 1 N–H and O–H groups in total. The molecule has 0 saturated heterocycles. The molecule has 3 aromatic rings. The number of hydrogen-bond acceptors (Lipinski definition) is 6. The number of aromatic nitrogens is 4. The molecule has 0 bridgehead atoms. The summed E-state index contributed by atoms with van der Waals surface area (Å²) in [6.45, 7) is 5.23. The summed E-state index contributed by atoms with van der Waals surface area (Å²) in [6.07, 6.45) is 2.04. The van der Waals surface area contributed by atoms with Gasteiger partial charge in [-0.15, -0.1) is 5.10 Å². The van der Waals surface area contributed by atoms with Gasteiger partial charge in [0, 0.05) is 22.5 Å². The molecule has 0 aliphatic carbocycles. The van der Waals surface area contributed by atoms with Gasteiger partial charge in [0.05, 0.1) is 12.1 Å². The van der Waals surface area contributed by atoms with Crippen molar-refractivity contribution in [3.63, 3.8) is 0 Å². The van der Waals surface area contributed by atoms with E-state index in [-0.39, 0.29) is 18.1 Å². The quantitative estimate of drug-likeness (QED) is 0.549. The summed E-state index contributed by atoms with van der Waals surface area (Å²) in [7, 11) is 0. The van der Waals surface area contributed by atoms with Crippen LogP contribution in [0.5, 0.6) is 0 Å². The van der Waals surface area contributed by atoms with E-state index in [1.807, 2.05) is 20.1 Å². The molecule has 26 heavy (non-hydrogen) atoms. The highest BCUT2D eigenvalue weighted by Gasteiger charge is 2.17. The van der Waals surface area contributed by atoms with Crippen LogP contribution >= 0.6 is 11.8 Å². The first kappa shape index (κ1) is 18.1. The van der Waals surface area contributed by atoms with Gasteiger partial charge in [0.15, 0.2) is 5.78 Å². The van der Waals surface area contributed by atoms with Crippen LogP contribution in [0.1, 0.15) is 34.2 Å². The van der Waals surface area contributed by atoms with Crippen molar-refractivity contribution in [2.75, 3.05) is 11.6 Å². The Morgan fingerprint density at radius 3 is 2.62 bits per heavy atom. The molecular weight excluding hydrogens is 350 g/mol. The summed E-state index contributed by atoms with van der Waals surface area (Å²) in [5.41, 5.74) is 3.37. The molecule has 1 aromatic carbocycles. The molecule has 0 saturated carbocycles. The van der Waals surface area contributed by atoms with Crippen LogP contribution < -0.4 is 5.32 Å². The first-order valence-electron chi connectivity index (χ1n) is 8.07. The predicted octanol–water partition coefficient (Wildman–Crippen LogP) is 2.85. The summed E-state index contributed by atoms with van der Waals surface area (Å²) in [5, 5.41) is 7.85. The zero-order valence-corrected chi connectivity index (χ0v) is 15.8. The Morgan fingerprint density at radius 1 is 1.19 bits per heavy atom. The van der Waals surface area contributed by atoms with E-state index < -0.39 is 0 Å². The maximum atomic E-state index is 12.6. The topological polar surface area (TPSA) is 89.2 Å². The van der Waals surface area contributed by atoms with Crippen LogP contribution in [0.3, 0.4) is 0 Å². The fourth-order valence-corrected chi connectivity index (χ4v) is 3.12. The normalized spacial score (nSPS) is 10.9. The Morgan fingerprint density at radius 2 is 1.92 bits per heavy atom. The van der Waals surface area contributed by atoms with Gasteiger partial charge in [-0.1, -0.05) is 23.9 Å². The number of hydrogen-bond donors (Lipinski definition) is 1. The van der Waals surface area contributed by atoms with E-state index in [4.69, 9.17) is 0 Å². The number of anilines is 1. The van der Waals surface area contributed by atoms with Gasteiger partial charge in [-0.25, -0.2) is 9.50 Å². The number of aryl methyl sites for hydroxylation is 2. The molecule has 2 aromatic heterocycles. The third kappa shape index (κ3) is 3.45. The number of nitrogens with one attached hydrogen (secondary N) is 1. The second-order valence-electron chi connectivity index (χ2n) is 5.90. The molecule has 8 heteroatoms. The van der Waals surface area contributed by atoms with Crippen LogP contribution in [0.2, 0.25) is 0 Å². The molecule has 0 spiro atoms. The number of amides is 1. The molecular formula is C18H19N5O2S. The van der Waals surface area contributed by atoms with Gasteiger partial charge in [-0.3, -0.25) is 9.59 Å². The lowest BCUT2D eigenvalue weighted by Gasteiger charge is -2.12. The predicted molar refractivity (Wildman–Crippen MR) is 101 cm³/mol. The molecule has 1 amide bonds. The molecule has 0 unspecified atom stereocenters. The number of nitrogens with zero attached hydrogens (tertiary/aromatic N) is 4. The van der Waals surface area contributed by atoms with Crippen LogP contribution in [-0.4, -0.2) is 37.5 Å². The number of fused-ring (bicyclic) bond motifs is 1. The van der Waals surface area contributed by atoms with Crippen molar-refractivity contribution >= 4 is 34.9 Å². The Bertz CT molecular complexity index is 1010. The lowest BCUT2D eigenvalue weighted by Crippen LogP contribution is -2.19. The standard InChI is InChI=1S/C18H19N5O2S/c1-10-14(11(2)23-17(19-10)21-18(22-23)26-4)9-16(25)20-15-8-6-5-7-13(15)12(3)24/h5-8H,9H2,1-4H3,(H,20,25). The molecule has 0 fully saturated rings. The molecule has 2 heterocycles. The number of carbonyl (C=O) groups is 2. The average Bonchev–Trinajstić information content (AvgIpc) is 3.02. The Hall–Kier alpha value is -2.74. The van der Waals surface area contributed by atoms with Gasteiger partial charge < -0.3 is 5.32 Å². The van der Waals surface area contributed by atoms with Crippen molar-refractivity contribution in [1.82, 2.24) is 19.6 Å². The zero-order valence-electron chi connectivity index (χ0n) is 15.0. The van der Waals surface area contributed by atoms with Gasteiger partial charge >= 0.3 is 0 Å². The van der Waals surface area contributed by atoms with E-state index in [0.717, 1.165) is 17.0 Å². The van der Waals surface area contributed by atoms with Gasteiger partial charge in [-0.2, -0.15) is 4.98 Å². The maximum Gasteiger partial charge on any atom is 0.253 e. The largest absolute Gasteiger partial charge is 0.325 e. The first-order chi connectivity index (χ1) is 12.4. The summed E-state index contributed by atoms with van der Waals surface area (Å²) in [4.78, 5) is 33.1. The molecule has 0 atom stereocenters. The fraction of sp³-hybridized carbons (Fsp3) is 0.278. The number of ketones is 1. The minimum Gasteiger partial charge on any atom is -0.325 e. The second-order valence-corrected chi connectivity index (χ2v) is 6.67. The number of thioether (sulfide) groups is 1. The average molecular weight is 369 g/mol. The zero-order chi connectivity index (χ0) is 18.8. The van der Waals surface area contributed by atoms with Crippen molar-refractivity contribution < 1.29 is 9.59 Å². The second kappa shape index (κ2) is 7.25. The molecule has 0 radical (unpaired) electrons. The van der Waals surface area contributed by atoms with Crippen molar-refractivity contribution in [2.45, 2.75) is 32.3 Å². The summed E-state index contributed by atoms with van der Waals surface area (Å²) < 4.78 is 1.66. The van der Waals surface area contributed by atoms with Crippen molar-refractivity contribution in [1.29, 1.82) is 0 Å². The number of carbonyl (C=O) groups excluding carboxylic acids is 2. The van der Waals surface area contributed by atoms with E-state index in [9.17, 15) is 9.59 Å². The number of Topliss-reactive ketones (excluding diaryl/α,β-unsaturated/α-hetero) is 1. The summed E-state index contributed by atoms with van der Waals surface area (Å²) in [6, 6.07) is 6.97. The highest BCUT2D eigenvalue weighted by atomic mass is 32.2. The Balaban J connectivity index is 1.89. The first-order valence-corrected chi connectivity index (χ1v) is 9.30. The number of rotatable bonds is 5. The van der Waals surface area contributed by atoms with E-state index in [1.54, 1.807) is 28.8 Å². The van der Waals surface area contributed by atoms with Gasteiger partial charge in [0.25, 0.3) is 5.78 Å².